The molecule has 214 valence electrons. The van der Waals surface area contributed by atoms with Crippen molar-refractivity contribution >= 4 is 5.97 Å². The molecule has 6 rings (SSSR count). The highest BCUT2D eigenvalue weighted by molar-refractivity contribution is 5.78. The second kappa shape index (κ2) is 8.34. The molecule has 1 heterocycles. The minimum atomic E-state index is -0.401. The molecule has 1 unspecified atom stereocenters. The molecule has 0 aromatic rings. The Balaban J connectivity index is 1.40. The van der Waals surface area contributed by atoms with Gasteiger partial charge in [0.25, 0.3) is 0 Å². The lowest BCUT2D eigenvalue weighted by Crippen LogP contribution is -2.67. The molecule has 6 aliphatic rings. The molecule has 4 nitrogen and oxygen atoms in total. The van der Waals surface area contributed by atoms with Crippen molar-refractivity contribution in [2.75, 3.05) is 19.8 Å². The van der Waals surface area contributed by atoms with Crippen LogP contribution in [0.5, 0.6) is 0 Å². The number of fused-ring (bicyclic) bond motifs is 7. The summed E-state index contributed by atoms with van der Waals surface area (Å²) in [7, 11) is 0. The fourth-order valence-electron chi connectivity index (χ4n) is 11.8. The summed E-state index contributed by atoms with van der Waals surface area (Å²) < 4.78 is 18.6. The molecule has 4 saturated carbocycles. The fourth-order valence-corrected chi connectivity index (χ4v) is 11.8. The Morgan fingerprint density at radius 3 is 2.26 bits per heavy atom. The average Bonchev–Trinajstić information content (AvgIpc) is 3.33. The Kier molecular flexibility index (Phi) is 5.99. The van der Waals surface area contributed by atoms with Crippen LogP contribution >= 0.6 is 0 Å². The zero-order chi connectivity index (χ0) is 27.4. The van der Waals surface area contributed by atoms with Crippen LogP contribution in [0.2, 0.25) is 0 Å². The first-order chi connectivity index (χ1) is 17.7. The molecule has 0 N–H and O–H groups in total. The summed E-state index contributed by atoms with van der Waals surface area (Å²) in [6.45, 7) is 21.5. The molecule has 7 atom stereocenters. The van der Waals surface area contributed by atoms with E-state index in [1.54, 1.807) is 5.57 Å². The van der Waals surface area contributed by atoms with Crippen molar-refractivity contribution in [2.24, 2.45) is 50.2 Å². The first-order valence-corrected chi connectivity index (χ1v) is 15.9. The Morgan fingerprint density at radius 2 is 1.58 bits per heavy atom. The van der Waals surface area contributed by atoms with Crippen LogP contribution in [0.3, 0.4) is 0 Å². The lowest BCUT2D eigenvalue weighted by atomic mass is 9.33. The summed E-state index contributed by atoms with van der Waals surface area (Å²) >= 11 is 0. The second-order valence-electron chi connectivity index (χ2n) is 16.3. The molecule has 0 bridgehead atoms. The number of rotatable bonds is 2. The molecule has 0 amide bonds. The largest absolute Gasteiger partial charge is 0.466 e. The summed E-state index contributed by atoms with van der Waals surface area (Å²) in [4.78, 5) is 13.7. The van der Waals surface area contributed by atoms with Crippen molar-refractivity contribution in [2.45, 2.75) is 125 Å². The van der Waals surface area contributed by atoms with Gasteiger partial charge in [-0.05, 0) is 104 Å². The van der Waals surface area contributed by atoms with E-state index in [1.807, 2.05) is 6.92 Å². The van der Waals surface area contributed by atoms with E-state index >= 15 is 0 Å². The van der Waals surface area contributed by atoms with Gasteiger partial charge in [-0.2, -0.15) is 0 Å². The van der Waals surface area contributed by atoms with E-state index < -0.39 is 5.79 Å². The minimum Gasteiger partial charge on any atom is -0.466 e. The van der Waals surface area contributed by atoms with Gasteiger partial charge in [0.1, 0.15) is 0 Å². The summed E-state index contributed by atoms with van der Waals surface area (Å²) in [6.07, 6.45) is 13.8. The maximum Gasteiger partial charge on any atom is 0.312 e. The Morgan fingerprint density at radius 1 is 0.895 bits per heavy atom. The Bertz CT molecular complexity index is 1020. The quantitative estimate of drug-likeness (QED) is 0.269. The van der Waals surface area contributed by atoms with E-state index in [0.717, 1.165) is 58.2 Å². The molecule has 5 fully saturated rings. The van der Waals surface area contributed by atoms with E-state index in [-0.39, 0.29) is 38.5 Å². The lowest BCUT2D eigenvalue weighted by molar-refractivity contribution is -0.307. The summed E-state index contributed by atoms with van der Waals surface area (Å²) in [5, 5.41) is 0. The average molecular weight is 527 g/mol. The number of allylic oxidation sites excluding steroid dienone is 2. The maximum absolute atomic E-state index is 13.7. The maximum atomic E-state index is 13.7. The monoisotopic (exact) mass is 526 g/mol. The number of hydrogen-bond acceptors (Lipinski definition) is 4. The third-order valence-corrected chi connectivity index (χ3v) is 14.2. The van der Waals surface area contributed by atoms with Gasteiger partial charge in [-0.15, -0.1) is 0 Å². The van der Waals surface area contributed by atoms with E-state index in [4.69, 9.17) is 14.2 Å². The van der Waals surface area contributed by atoms with Crippen LogP contribution in [0.4, 0.5) is 0 Å². The van der Waals surface area contributed by atoms with Gasteiger partial charge in [-0.1, -0.05) is 60.1 Å². The number of esters is 1. The molecule has 38 heavy (non-hydrogen) atoms. The van der Waals surface area contributed by atoms with Gasteiger partial charge < -0.3 is 14.2 Å². The summed E-state index contributed by atoms with van der Waals surface area (Å²) in [6, 6.07) is 0. The topological polar surface area (TPSA) is 44.8 Å². The lowest BCUT2D eigenvalue weighted by Gasteiger charge is -2.72. The van der Waals surface area contributed by atoms with Crippen LogP contribution < -0.4 is 0 Å². The van der Waals surface area contributed by atoms with Crippen molar-refractivity contribution in [1.29, 1.82) is 0 Å². The highest BCUT2D eigenvalue weighted by atomic mass is 16.7. The number of carbonyl (C=O) groups excluding carboxylic acids is 1. The van der Waals surface area contributed by atoms with E-state index in [0.29, 0.717) is 24.4 Å². The van der Waals surface area contributed by atoms with Crippen LogP contribution in [-0.4, -0.2) is 31.6 Å². The highest BCUT2D eigenvalue weighted by Crippen LogP contribution is 2.76. The van der Waals surface area contributed by atoms with Gasteiger partial charge in [0.15, 0.2) is 5.79 Å². The van der Waals surface area contributed by atoms with Crippen molar-refractivity contribution < 1.29 is 19.0 Å². The standard InChI is InChI=1S/C34H54O4/c1-9-36-27(35)33-17-14-28(2,3)22-24(33)23-10-11-26-30(6)15-19-34(37-20-21-38-34)29(4,5)25(30)12-13-32(26,8)31(23,7)16-18-33/h10,24-26H,9,11-22H2,1-8H3/t24-,25-,26?,30-,31+,32+,33-/m0/s1. The number of carbonyl (C=O) groups is 1. The first-order valence-electron chi connectivity index (χ1n) is 15.9. The van der Waals surface area contributed by atoms with Crippen molar-refractivity contribution in [3.8, 4) is 0 Å². The van der Waals surface area contributed by atoms with Crippen LogP contribution in [0.1, 0.15) is 120 Å². The molecule has 5 aliphatic carbocycles. The van der Waals surface area contributed by atoms with Gasteiger partial charge in [0.05, 0.1) is 25.2 Å². The molecule has 4 heteroatoms. The van der Waals surface area contributed by atoms with Gasteiger partial charge in [-0.25, -0.2) is 0 Å². The predicted molar refractivity (Wildman–Crippen MR) is 150 cm³/mol. The summed E-state index contributed by atoms with van der Waals surface area (Å²) in [5.74, 6) is 1.24. The van der Waals surface area contributed by atoms with Crippen molar-refractivity contribution in [1.82, 2.24) is 0 Å². The zero-order valence-electron chi connectivity index (χ0n) is 25.6. The van der Waals surface area contributed by atoms with E-state index in [2.05, 4.69) is 54.5 Å². The predicted octanol–water partition coefficient (Wildman–Crippen LogP) is 8.09. The molecule has 0 radical (unpaired) electrons. The third kappa shape index (κ3) is 3.25. The molecule has 0 aromatic heterocycles. The molecular weight excluding hydrogens is 472 g/mol. The second-order valence-corrected chi connectivity index (χ2v) is 16.3. The normalized spacial score (nSPS) is 48.2. The first kappa shape index (κ1) is 27.3. The minimum absolute atomic E-state index is 0.00174. The Labute approximate surface area is 232 Å². The third-order valence-electron chi connectivity index (χ3n) is 14.2. The van der Waals surface area contributed by atoms with Crippen LogP contribution in [0.25, 0.3) is 0 Å². The van der Waals surface area contributed by atoms with Crippen LogP contribution in [0.15, 0.2) is 11.6 Å². The van der Waals surface area contributed by atoms with Crippen molar-refractivity contribution in [3.05, 3.63) is 11.6 Å². The highest BCUT2D eigenvalue weighted by Gasteiger charge is 2.71. The molecule has 1 aliphatic heterocycles. The van der Waals surface area contributed by atoms with Gasteiger partial charge in [-0.3, -0.25) is 4.79 Å². The van der Waals surface area contributed by atoms with E-state index in [9.17, 15) is 4.79 Å². The van der Waals surface area contributed by atoms with Crippen LogP contribution in [0, 0.1) is 50.2 Å². The van der Waals surface area contributed by atoms with Gasteiger partial charge in [0, 0.05) is 11.8 Å². The number of ether oxygens (including phenoxy) is 3. The molecular formula is C34H54O4. The van der Waals surface area contributed by atoms with Gasteiger partial charge >= 0.3 is 5.97 Å². The number of hydrogen-bond donors (Lipinski definition) is 0. The zero-order valence-corrected chi connectivity index (χ0v) is 25.6. The smallest absolute Gasteiger partial charge is 0.312 e. The molecule has 1 saturated heterocycles. The van der Waals surface area contributed by atoms with E-state index in [1.165, 1.54) is 19.3 Å². The van der Waals surface area contributed by atoms with Crippen molar-refractivity contribution in [3.63, 3.8) is 0 Å². The fraction of sp³-hybridized carbons (Fsp3) is 0.912. The summed E-state index contributed by atoms with van der Waals surface area (Å²) in [5.41, 5.74) is 2.22. The van der Waals surface area contributed by atoms with Crippen LogP contribution in [-0.2, 0) is 19.0 Å². The Hall–Kier alpha value is -0.870. The molecule has 0 aromatic carbocycles. The SMILES string of the molecule is CCOC(=O)[C@]12CCC(C)(C)C[C@H]1C1=CCC3[C@@]4(C)CCC5(OCCO5)C(C)(C)[C@@H]4CC[C@@]3(C)[C@]1(C)CC2. The van der Waals surface area contributed by atoms with Gasteiger partial charge in [0.2, 0.25) is 0 Å². The molecule has 1 spiro atoms.